The summed E-state index contributed by atoms with van der Waals surface area (Å²) < 4.78 is 10.6. The summed E-state index contributed by atoms with van der Waals surface area (Å²) in [6.07, 6.45) is 46.7. The van der Waals surface area contributed by atoms with Crippen LogP contribution in [0.3, 0.4) is 0 Å². The van der Waals surface area contributed by atoms with Crippen molar-refractivity contribution < 1.29 is 24.2 Å². The van der Waals surface area contributed by atoms with Crippen molar-refractivity contribution in [1.29, 1.82) is 0 Å². The van der Waals surface area contributed by atoms with Gasteiger partial charge < -0.3 is 14.6 Å². The number of hydrogen-bond donors (Lipinski definition) is 1. The van der Waals surface area contributed by atoms with Crippen molar-refractivity contribution in [2.45, 2.75) is 225 Å². The van der Waals surface area contributed by atoms with Gasteiger partial charge in [-0.1, -0.05) is 167 Å². The van der Waals surface area contributed by atoms with E-state index >= 15 is 0 Å². The summed E-state index contributed by atoms with van der Waals surface area (Å²) in [5.41, 5.74) is 0. The average Bonchev–Trinajstić information content (AvgIpc) is 3.09. The van der Waals surface area contributed by atoms with Crippen LogP contribution < -0.4 is 0 Å². The van der Waals surface area contributed by atoms with Crippen LogP contribution in [-0.4, -0.2) is 36.4 Å². The first-order chi connectivity index (χ1) is 23.6. The Morgan fingerprint density at radius 2 is 0.771 bits per heavy atom. The highest BCUT2D eigenvalue weighted by molar-refractivity contribution is 5.70. The van der Waals surface area contributed by atoms with E-state index in [-0.39, 0.29) is 25.2 Å². The Bertz CT molecular complexity index is 731. The number of ether oxygens (including phenoxy) is 2. The molecule has 0 saturated carbocycles. The van der Waals surface area contributed by atoms with E-state index in [2.05, 4.69) is 38.2 Å². The fourth-order valence-corrected chi connectivity index (χ4v) is 6.01. The van der Waals surface area contributed by atoms with Crippen molar-refractivity contribution in [1.82, 2.24) is 0 Å². The number of rotatable bonds is 38. The van der Waals surface area contributed by atoms with E-state index in [1.54, 1.807) is 0 Å². The maximum absolute atomic E-state index is 12.2. The van der Waals surface area contributed by atoms with E-state index in [0.717, 1.165) is 44.9 Å². The van der Waals surface area contributed by atoms with Crippen LogP contribution in [0.4, 0.5) is 0 Å². The predicted molar refractivity (Wildman–Crippen MR) is 205 cm³/mol. The van der Waals surface area contributed by atoms with E-state index in [1.807, 2.05) is 0 Å². The topological polar surface area (TPSA) is 72.8 Å². The molecule has 0 bridgehead atoms. The van der Waals surface area contributed by atoms with Gasteiger partial charge in [0.1, 0.15) is 6.61 Å². The largest absolute Gasteiger partial charge is 0.462 e. The van der Waals surface area contributed by atoms with E-state index < -0.39 is 6.10 Å². The zero-order valence-electron chi connectivity index (χ0n) is 32.0. The monoisotopic (exact) mass is 677 g/mol. The zero-order chi connectivity index (χ0) is 35.0. The molecule has 1 unspecified atom stereocenters. The Kier molecular flexibility index (Phi) is 38.5. The molecule has 0 fully saturated rings. The van der Waals surface area contributed by atoms with Crippen LogP contribution >= 0.6 is 0 Å². The maximum atomic E-state index is 12.2. The van der Waals surface area contributed by atoms with Crippen molar-refractivity contribution in [2.75, 3.05) is 13.2 Å². The lowest BCUT2D eigenvalue weighted by Crippen LogP contribution is -2.28. The molecule has 0 aromatic rings. The summed E-state index contributed by atoms with van der Waals surface area (Å²) in [5.74, 6) is -0.596. The first-order valence-electron chi connectivity index (χ1n) is 20.9. The number of unbranched alkanes of at least 4 members (excludes halogenated alkanes) is 26. The molecule has 0 radical (unpaired) electrons. The van der Waals surface area contributed by atoms with Gasteiger partial charge in [0.25, 0.3) is 0 Å². The van der Waals surface area contributed by atoms with E-state index in [9.17, 15) is 14.7 Å². The van der Waals surface area contributed by atoms with Crippen LogP contribution in [0.25, 0.3) is 0 Å². The summed E-state index contributed by atoms with van der Waals surface area (Å²) in [7, 11) is 0. The molecule has 0 aromatic heterocycles. The Balaban J connectivity index is 3.53. The van der Waals surface area contributed by atoms with Gasteiger partial charge in [-0.25, -0.2) is 0 Å². The SMILES string of the molecule is CCCCCCCCC=CCCCCCCCCCCCC(=O)OC(CO)COC(=O)CCCCCCCC=CCCCCCCCC. The molecule has 1 atom stereocenters. The smallest absolute Gasteiger partial charge is 0.306 e. The standard InChI is InChI=1S/C43H80O5/c1-3-5-7-9-11-13-15-17-19-20-21-22-24-26-28-30-32-34-36-38-43(46)48-41(39-44)40-47-42(45)37-35-33-31-29-27-25-23-18-16-14-12-10-8-6-4-2/h17-19,23,41,44H,3-16,20-22,24-40H2,1-2H3. The van der Waals surface area contributed by atoms with Gasteiger partial charge in [0.05, 0.1) is 6.61 Å². The highest BCUT2D eigenvalue weighted by atomic mass is 16.6. The molecular weight excluding hydrogens is 596 g/mol. The van der Waals surface area contributed by atoms with Gasteiger partial charge >= 0.3 is 11.9 Å². The highest BCUT2D eigenvalue weighted by Crippen LogP contribution is 2.14. The molecule has 0 aromatic carbocycles. The predicted octanol–water partition coefficient (Wildman–Crippen LogP) is 13.1. The third kappa shape index (κ3) is 37.2. The molecular formula is C43H80O5. The Morgan fingerprint density at radius 1 is 0.458 bits per heavy atom. The van der Waals surface area contributed by atoms with Crippen LogP contribution in [0, 0.1) is 0 Å². The van der Waals surface area contributed by atoms with Crippen LogP contribution in [0.2, 0.25) is 0 Å². The second-order valence-electron chi connectivity index (χ2n) is 14.1. The second kappa shape index (κ2) is 39.8. The second-order valence-corrected chi connectivity index (χ2v) is 14.1. The summed E-state index contributed by atoms with van der Waals surface area (Å²) in [6.45, 7) is 4.13. The van der Waals surface area contributed by atoms with E-state index in [4.69, 9.17) is 9.47 Å². The minimum atomic E-state index is -0.772. The number of aliphatic hydroxyl groups excluding tert-OH is 1. The highest BCUT2D eigenvalue weighted by Gasteiger charge is 2.16. The van der Waals surface area contributed by atoms with Crippen molar-refractivity contribution >= 4 is 11.9 Å². The first-order valence-corrected chi connectivity index (χ1v) is 20.9. The Morgan fingerprint density at radius 3 is 1.12 bits per heavy atom. The summed E-state index contributed by atoms with van der Waals surface area (Å²) in [6, 6.07) is 0. The number of aliphatic hydroxyl groups is 1. The lowest BCUT2D eigenvalue weighted by atomic mass is 10.1. The van der Waals surface area contributed by atoms with Gasteiger partial charge in [-0.2, -0.15) is 0 Å². The number of carbonyl (C=O) groups excluding carboxylic acids is 2. The molecule has 0 saturated heterocycles. The van der Waals surface area contributed by atoms with E-state index in [0.29, 0.717) is 12.8 Å². The van der Waals surface area contributed by atoms with Gasteiger partial charge in [0, 0.05) is 12.8 Å². The molecule has 0 rings (SSSR count). The summed E-state index contributed by atoms with van der Waals surface area (Å²) in [4.78, 5) is 24.3. The molecule has 0 heterocycles. The zero-order valence-corrected chi connectivity index (χ0v) is 32.0. The number of carbonyl (C=O) groups is 2. The molecule has 0 aliphatic heterocycles. The van der Waals surface area contributed by atoms with Gasteiger partial charge in [-0.05, 0) is 64.2 Å². The molecule has 0 aliphatic rings. The number of allylic oxidation sites excluding steroid dienone is 4. The molecule has 1 N–H and O–H groups in total. The molecule has 0 aliphatic carbocycles. The Hall–Kier alpha value is -1.62. The van der Waals surface area contributed by atoms with Crippen LogP contribution in [0.15, 0.2) is 24.3 Å². The molecule has 282 valence electrons. The van der Waals surface area contributed by atoms with Crippen LogP contribution in [0.1, 0.15) is 219 Å². The van der Waals surface area contributed by atoms with Crippen LogP contribution in [-0.2, 0) is 19.1 Å². The fourth-order valence-electron chi connectivity index (χ4n) is 6.01. The number of esters is 2. The van der Waals surface area contributed by atoms with Crippen molar-refractivity contribution in [3.05, 3.63) is 24.3 Å². The normalized spacial score (nSPS) is 12.3. The van der Waals surface area contributed by atoms with Crippen LogP contribution in [0.5, 0.6) is 0 Å². The van der Waals surface area contributed by atoms with Gasteiger partial charge in [0.2, 0.25) is 0 Å². The molecule has 5 heteroatoms. The third-order valence-electron chi connectivity index (χ3n) is 9.22. The van der Waals surface area contributed by atoms with Crippen molar-refractivity contribution in [2.24, 2.45) is 0 Å². The third-order valence-corrected chi connectivity index (χ3v) is 9.22. The fraction of sp³-hybridized carbons (Fsp3) is 0.860. The van der Waals surface area contributed by atoms with Gasteiger partial charge in [0.15, 0.2) is 6.10 Å². The lowest BCUT2D eigenvalue weighted by Gasteiger charge is -2.15. The van der Waals surface area contributed by atoms with Crippen molar-refractivity contribution in [3.63, 3.8) is 0 Å². The molecule has 0 spiro atoms. The number of hydrogen-bond acceptors (Lipinski definition) is 5. The minimum absolute atomic E-state index is 0.0678. The van der Waals surface area contributed by atoms with Crippen molar-refractivity contribution in [3.8, 4) is 0 Å². The molecule has 0 amide bonds. The van der Waals surface area contributed by atoms with E-state index in [1.165, 1.54) is 148 Å². The van der Waals surface area contributed by atoms with Gasteiger partial charge in [-0.15, -0.1) is 0 Å². The maximum Gasteiger partial charge on any atom is 0.306 e. The average molecular weight is 677 g/mol. The quantitative estimate of drug-likeness (QED) is 0.0400. The summed E-state index contributed by atoms with van der Waals surface area (Å²) >= 11 is 0. The molecule has 48 heavy (non-hydrogen) atoms. The molecule has 5 nitrogen and oxygen atoms in total. The summed E-state index contributed by atoms with van der Waals surface area (Å²) in [5, 5.41) is 9.56. The Labute approximate surface area is 298 Å². The first kappa shape index (κ1) is 46.4. The lowest BCUT2D eigenvalue weighted by molar-refractivity contribution is -0.161. The minimum Gasteiger partial charge on any atom is -0.462 e. The van der Waals surface area contributed by atoms with Gasteiger partial charge in [-0.3, -0.25) is 9.59 Å².